The highest BCUT2D eigenvalue weighted by molar-refractivity contribution is 7.15. The Bertz CT molecular complexity index is 913. The van der Waals surface area contributed by atoms with Gasteiger partial charge in [-0.1, -0.05) is 53.8 Å². The molecule has 0 aliphatic carbocycles. The van der Waals surface area contributed by atoms with Gasteiger partial charge in [-0.2, -0.15) is 0 Å². The minimum atomic E-state index is -0.289. The number of anilines is 1. The van der Waals surface area contributed by atoms with E-state index in [1.165, 1.54) is 29.0 Å². The average molecular weight is 382 g/mol. The summed E-state index contributed by atoms with van der Waals surface area (Å²) in [5.74, 6) is -0.229. The number of carbonyl (C=O) groups is 1. The molecule has 0 spiro atoms. The highest BCUT2D eigenvalue weighted by atomic mass is 32.1. The van der Waals surface area contributed by atoms with E-state index < -0.39 is 0 Å². The predicted molar refractivity (Wildman–Crippen MR) is 103 cm³/mol. The molecule has 2 aromatic carbocycles. The van der Waals surface area contributed by atoms with E-state index in [1.54, 1.807) is 17.0 Å². The van der Waals surface area contributed by atoms with Gasteiger partial charge in [-0.15, -0.1) is 10.2 Å². The van der Waals surface area contributed by atoms with Crippen LogP contribution in [0, 0.1) is 5.82 Å². The van der Waals surface area contributed by atoms with Gasteiger partial charge < -0.3 is 10.2 Å². The Morgan fingerprint density at radius 1 is 1.07 bits per heavy atom. The zero-order chi connectivity index (χ0) is 18.6. The van der Waals surface area contributed by atoms with Crippen LogP contribution >= 0.6 is 11.3 Å². The summed E-state index contributed by atoms with van der Waals surface area (Å²) in [5.41, 5.74) is 2.11. The zero-order valence-corrected chi connectivity index (χ0v) is 15.5. The Morgan fingerprint density at radius 2 is 1.85 bits per heavy atom. The van der Waals surface area contributed by atoms with Crippen LogP contribution in [0.15, 0.2) is 54.6 Å². The van der Waals surface area contributed by atoms with Crippen LogP contribution in [0.3, 0.4) is 0 Å². The van der Waals surface area contributed by atoms with Crippen molar-refractivity contribution in [1.82, 2.24) is 15.1 Å². The third-order valence-electron chi connectivity index (χ3n) is 4.55. The van der Waals surface area contributed by atoms with Crippen LogP contribution in [0.1, 0.15) is 22.6 Å². The van der Waals surface area contributed by atoms with Crippen molar-refractivity contribution in [1.29, 1.82) is 0 Å². The number of hydrogen-bond donors (Lipinski definition) is 1. The third kappa shape index (κ3) is 4.31. The van der Waals surface area contributed by atoms with Crippen LogP contribution in [0.4, 0.5) is 9.52 Å². The number of halogens is 1. The lowest BCUT2D eigenvalue weighted by Crippen LogP contribution is -2.33. The molecule has 1 aliphatic heterocycles. The fraction of sp³-hybridized carbons (Fsp3) is 0.250. The van der Waals surface area contributed by atoms with E-state index >= 15 is 0 Å². The number of nitrogens with zero attached hydrogens (tertiary/aromatic N) is 3. The van der Waals surface area contributed by atoms with Gasteiger partial charge in [0.15, 0.2) is 0 Å². The maximum absolute atomic E-state index is 13.0. The topological polar surface area (TPSA) is 58.1 Å². The zero-order valence-electron chi connectivity index (χ0n) is 14.6. The fourth-order valence-electron chi connectivity index (χ4n) is 3.14. The van der Waals surface area contributed by atoms with Crippen molar-refractivity contribution in [3.63, 3.8) is 0 Å². The van der Waals surface area contributed by atoms with Gasteiger partial charge in [0.25, 0.3) is 0 Å². The van der Waals surface area contributed by atoms with Gasteiger partial charge in [-0.25, -0.2) is 4.39 Å². The van der Waals surface area contributed by atoms with Gasteiger partial charge in [0.05, 0.1) is 0 Å². The van der Waals surface area contributed by atoms with E-state index in [0.717, 1.165) is 17.0 Å². The number of aromatic nitrogens is 2. The quantitative estimate of drug-likeness (QED) is 0.709. The van der Waals surface area contributed by atoms with Gasteiger partial charge in [0.1, 0.15) is 16.9 Å². The molecule has 0 radical (unpaired) electrons. The lowest BCUT2D eigenvalue weighted by Gasteiger charge is -2.17. The van der Waals surface area contributed by atoms with Gasteiger partial charge in [-0.05, 0) is 29.7 Å². The normalized spacial score (nSPS) is 16.7. The lowest BCUT2D eigenvalue weighted by atomic mass is 10.2. The second kappa shape index (κ2) is 7.84. The first-order valence-electron chi connectivity index (χ1n) is 8.83. The molecule has 3 aromatic rings. The number of rotatable bonds is 6. The minimum absolute atomic E-state index is 0.0409. The molecule has 1 fully saturated rings. The molecule has 5 nitrogen and oxygen atoms in total. The van der Waals surface area contributed by atoms with E-state index in [4.69, 9.17) is 0 Å². The predicted octanol–water partition coefficient (Wildman–Crippen LogP) is 3.48. The van der Waals surface area contributed by atoms with Crippen molar-refractivity contribution in [3.05, 3.63) is 76.5 Å². The summed E-state index contributed by atoms with van der Waals surface area (Å²) in [7, 11) is 0. The molecule has 7 heteroatoms. The van der Waals surface area contributed by atoms with Crippen LogP contribution in [0.2, 0.25) is 0 Å². The smallest absolute Gasteiger partial charge is 0.245 e. The summed E-state index contributed by atoms with van der Waals surface area (Å²) in [6, 6.07) is 16.1. The number of hydrogen-bond acceptors (Lipinski definition) is 5. The molecule has 27 heavy (non-hydrogen) atoms. The molecule has 1 aliphatic rings. The van der Waals surface area contributed by atoms with Gasteiger partial charge >= 0.3 is 0 Å². The molecule has 1 aromatic heterocycles. The van der Waals surface area contributed by atoms with Crippen molar-refractivity contribution in [2.45, 2.75) is 25.4 Å². The number of nitrogens with one attached hydrogen (secondary N) is 1. The Morgan fingerprint density at radius 3 is 2.63 bits per heavy atom. The molecule has 4 rings (SSSR count). The summed E-state index contributed by atoms with van der Waals surface area (Å²) in [4.78, 5) is 14.4. The monoisotopic (exact) mass is 382 g/mol. The molecule has 1 saturated heterocycles. The van der Waals surface area contributed by atoms with Crippen LogP contribution in [0.5, 0.6) is 0 Å². The van der Waals surface area contributed by atoms with E-state index in [-0.39, 0.29) is 17.8 Å². The molecule has 138 valence electrons. The Kier molecular flexibility index (Phi) is 5.11. The van der Waals surface area contributed by atoms with Gasteiger partial charge in [-0.3, -0.25) is 4.79 Å². The first kappa shape index (κ1) is 17.6. The number of likely N-dealkylation sites (tertiary alicyclic amines) is 1. The van der Waals surface area contributed by atoms with E-state index in [9.17, 15) is 9.18 Å². The molecule has 1 atom stereocenters. The SMILES string of the molecule is O=C1C(Nc2nnc(Cc3ccccc3)s2)CCN1Cc1ccc(F)cc1. The van der Waals surface area contributed by atoms with Crippen molar-refractivity contribution >= 4 is 22.4 Å². The van der Waals surface area contributed by atoms with E-state index in [2.05, 4.69) is 27.6 Å². The molecule has 0 saturated carbocycles. The summed E-state index contributed by atoms with van der Waals surface area (Å²) >= 11 is 1.48. The average Bonchev–Trinajstić information content (AvgIpc) is 3.26. The van der Waals surface area contributed by atoms with E-state index in [0.29, 0.717) is 24.6 Å². The molecule has 2 heterocycles. The Balaban J connectivity index is 1.35. The first-order chi connectivity index (χ1) is 13.2. The van der Waals surface area contributed by atoms with Crippen molar-refractivity contribution < 1.29 is 9.18 Å². The van der Waals surface area contributed by atoms with Crippen LogP contribution in [0.25, 0.3) is 0 Å². The maximum atomic E-state index is 13.0. The highest BCUT2D eigenvalue weighted by Gasteiger charge is 2.32. The van der Waals surface area contributed by atoms with Gasteiger partial charge in [0.2, 0.25) is 11.0 Å². The summed E-state index contributed by atoms with van der Waals surface area (Å²) in [5, 5.41) is 13.2. The van der Waals surface area contributed by atoms with Crippen molar-refractivity contribution in [2.75, 3.05) is 11.9 Å². The fourth-order valence-corrected chi connectivity index (χ4v) is 3.97. The first-order valence-corrected chi connectivity index (χ1v) is 9.65. The molecule has 1 N–H and O–H groups in total. The largest absolute Gasteiger partial charge is 0.348 e. The minimum Gasteiger partial charge on any atom is -0.348 e. The van der Waals surface area contributed by atoms with Gasteiger partial charge in [0, 0.05) is 19.5 Å². The maximum Gasteiger partial charge on any atom is 0.245 e. The molecule has 1 unspecified atom stereocenters. The van der Waals surface area contributed by atoms with E-state index in [1.807, 2.05) is 18.2 Å². The second-order valence-corrected chi connectivity index (χ2v) is 7.60. The molecular weight excluding hydrogens is 363 g/mol. The summed E-state index contributed by atoms with van der Waals surface area (Å²) < 4.78 is 13.0. The standard InChI is InChI=1S/C20H19FN4OS/c21-16-8-6-15(7-9-16)13-25-11-10-17(19(25)26)22-20-24-23-18(27-20)12-14-4-2-1-3-5-14/h1-9,17H,10-13H2,(H,22,24). The number of carbonyl (C=O) groups excluding carboxylic acids is 1. The number of amides is 1. The highest BCUT2D eigenvalue weighted by Crippen LogP contribution is 2.23. The Labute approximate surface area is 160 Å². The second-order valence-electron chi connectivity index (χ2n) is 6.54. The van der Waals surface area contributed by atoms with Crippen LogP contribution in [-0.2, 0) is 17.8 Å². The number of benzene rings is 2. The van der Waals surface area contributed by atoms with Crippen molar-refractivity contribution in [3.8, 4) is 0 Å². The van der Waals surface area contributed by atoms with Crippen LogP contribution in [-0.4, -0.2) is 33.6 Å². The van der Waals surface area contributed by atoms with Crippen LogP contribution < -0.4 is 5.32 Å². The summed E-state index contributed by atoms with van der Waals surface area (Å²) in [6.07, 6.45) is 1.45. The summed E-state index contributed by atoms with van der Waals surface area (Å²) in [6.45, 7) is 1.16. The Hall–Kier alpha value is -2.80. The molecular formula is C20H19FN4OS. The molecule has 1 amide bonds. The van der Waals surface area contributed by atoms with Crippen molar-refractivity contribution in [2.24, 2.45) is 0 Å². The third-order valence-corrected chi connectivity index (χ3v) is 5.40. The molecule has 0 bridgehead atoms. The lowest BCUT2D eigenvalue weighted by molar-refractivity contribution is -0.128.